The third kappa shape index (κ3) is 6.75. The second-order valence-electron chi connectivity index (χ2n) is 6.98. The van der Waals surface area contributed by atoms with Crippen LogP contribution in [0.15, 0.2) is 73.1 Å². The fourth-order valence-corrected chi connectivity index (χ4v) is 4.71. The Hall–Kier alpha value is -2.49. The van der Waals surface area contributed by atoms with E-state index in [1.807, 2.05) is 32.0 Å². The first-order valence-corrected chi connectivity index (χ1v) is 12.1. The van der Waals surface area contributed by atoms with Crippen molar-refractivity contribution in [2.45, 2.75) is 13.8 Å². The largest absolute Gasteiger partial charge is 0.483 e. The second-order valence-corrected chi connectivity index (χ2v) is 9.60. The minimum atomic E-state index is -0.536. The third-order valence-electron chi connectivity index (χ3n) is 4.47. The number of nitrogens with zero attached hydrogens (tertiary/aromatic N) is 1. The smallest absolute Gasteiger partial charge is 0.344 e. The molecule has 6 nitrogen and oxygen atoms in total. The Morgan fingerprint density at radius 2 is 1.64 bits per heavy atom. The standard InChI is InChI=1S/C24H19Br3N2O4/c1-14-6-5-7-15(2)22(14)32-13-21(30)29-28-12-16-10-17(25)11-20(27)23(16)33-24(31)18-8-3-4-9-19(18)26/h3-12H,13H2,1-2H3,(H,29,30)/b28-12-. The lowest BCUT2D eigenvalue weighted by Gasteiger charge is -2.12. The van der Waals surface area contributed by atoms with E-state index < -0.39 is 11.9 Å². The van der Waals surface area contributed by atoms with Gasteiger partial charge in [0.15, 0.2) is 12.4 Å². The molecule has 1 amide bonds. The number of ether oxygens (including phenoxy) is 2. The maximum atomic E-state index is 12.7. The van der Waals surface area contributed by atoms with Crippen LogP contribution in [0.4, 0.5) is 0 Å². The first-order valence-electron chi connectivity index (χ1n) is 9.73. The number of aryl methyl sites for hydroxylation is 2. The van der Waals surface area contributed by atoms with Crippen molar-refractivity contribution < 1.29 is 19.1 Å². The molecular weight excluding hydrogens is 620 g/mol. The Bertz CT molecular complexity index is 1210. The first-order chi connectivity index (χ1) is 15.8. The van der Waals surface area contributed by atoms with Crippen LogP contribution in [0.1, 0.15) is 27.0 Å². The average Bonchev–Trinajstić information content (AvgIpc) is 2.76. The Balaban J connectivity index is 1.70. The van der Waals surface area contributed by atoms with Crippen molar-refractivity contribution in [3.63, 3.8) is 0 Å². The molecule has 0 fully saturated rings. The van der Waals surface area contributed by atoms with Crippen molar-refractivity contribution in [3.05, 3.63) is 90.3 Å². The van der Waals surface area contributed by atoms with Gasteiger partial charge in [-0.1, -0.05) is 46.3 Å². The van der Waals surface area contributed by atoms with Crippen LogP contribution in [-0.4, -0.2) is 24.7 Å². The summed E-state index contributed by atoms with van der Waals surface area (Å²) in [7, 11) is 0. The number of esters is 1. The van der Waals surface area contributed by atoms with Gasteiger partial charge < -0.3 is 9.47 Å². The van der Waals surface area contributed by atoms with E-state index in [1.54, 1.807) is 36.4 Å². The molecule has 1 N–H and O–H groups in total. The van der Waals surface area contributed by atoms with Crippen LogP contribution in [0.25, 0.3) is 0 Å². The second kappa shape index (κ2) is 11.6. The van der Waals surface area contributed by atoms with Gasteiger partial charge in [-0.3, -0.25) is 4.79 Å². The molecule has 0 aliphatic carbocycles. The third-order valence-corrected chi connectivity index (χ3v) is 6.21. The summed E-state index contributed by atoms with van der Waals surface area (Å²) in [6, 6.07) is 16.2. The maximum absolute atomic E-state index is 12.7. The van der Waals surface area contributed by atoms with E-state index in [0.717, 1.165) is 15.6 Å². The van der Waals surface area contributed by atoms with E-state index in [1.165, 1.54) is 6.21 Å². The van der Waals surface area contributed by atoms with Crippen molar-refractivity contribution >= 4 is 65.9 Å². The summed E-state index contributed by atoms with van der Waals surface area (Å²) in [6.07, 6.45) is 1.40. The van der Waals surface area contributed by atoms with Crippen molar-refractivity contribution in [1.29, 1.82) is 0 Å². The Labute approximate surface area is 216 Å². The molecule has 3 aromatic carbocycles. The zero-order valence-corrected chi connectivity index (χ0v) is 22.5. The topological polar surface area (TPSA) is 77.0 Å². The summed E-state index contributed by atoms with van der Waals surface area (Å²) < 4.78 is 13.2. The highest BCUT2D eigenvalue weighted by molar-refractivity contribution is 9.11. The van der Waals surface area contributed by atoms with E-state index in [-0.39, 0.29) is 12.4 Å². The van der Waals surface area contributed by atoms with E-state index in [4.69, 9.17) is 9.47 Å². The number of hydrazone groups is 1. The van der Waals surface area contributed by atoms with E-state index >= 15 is 0 Å². The summed E-state index contributed by atoms with van der Waals surface area (Å²) in [6.45, 7) is 3.65. The molecule has 0 atom stereocenters. The molecule has 0 aliphatic heterocycles. The van der Waals surface area contributed by atoms with E-state index in [9.17, 15) is 9.59 Å². The first kappa shape index (κ1) is 25.1. The number of amides is 1. The van der Waals surface area contributed by atoms with Crippen LogP contribution in [-0.2, 0) is 4.79 Å². The number of carbonyl (C=O) groups excluding carboxylic acids is 2. The van der Waals surface area contributed by atoms with Crippen molar-refractivity contribution in [2.75, 3.05) is 6.61 Å². The molecule has 170 valence electrons. The van der Waals surface area contributed by atoms with Crippen molar-refractivity contribution in [1.82, 2.24) is 5.43 Å². The van der Waals surface area contributed by atoms with Crippen LogP contribution in [0.2, 0.25) is 0 Å². The monoisotopic (exact) mass is 636 g/mol. The SMILES string of the molecule is Cc1cccc(C)c1OCC(=O)N/N=C\c1cc(Br)cc(Br)c1OC(=O)c1ccccc1Br. The molecule has 3 rings (SSSR count). The lowest BCUT2D eigenvalue weighted by atomic mass is 10.1. The molecule has 3 aromatic rings. The average molecular weight is 639 g/mol. The number of para-hydroxylation sites is 1. The lowest BCUT2D eigenvalue weighted by molar-refractivity contribution is -0.123. The Morgan fingerprint density at radius 3 is 2.33 bits per heavy atom. The molecule has 33 heavy (non-hydrogen) atoms. The number of carbonyl (C=O) groups is 2. The van der Waals surface area contributed by atoms with Crippen LogP contribution in [0.3, 0.4) is 0 Å². The summed E-state index contributed by atoms with van der Waals surface area (Å²) in [5, 5.41) is 3.99. The molecule has 0 heterocycles. The van der Waals surface area contributed by atoms with Crippen LogP contribution >= 0.6 is 47.8 Å². The van der Waals surface area contributed by atoms with Gasteiger partial charge in [-0.05, 0) is 81.1 Å². The molecule has 0 saturated heterocycles. The fraction of sp³-hybridized carbons (Fsp3) is 0.125. The molecule has 0 unspecified atom stereocenters. The number of hydrogen-bond donors (Lipinski definition) is 1. The summed E-state index contributed by atoms with van der Waals surface area (Å²) in [4.78, 5) is 24.9. The molecule has 0 spiro atoms. The molecular formula is C24H19Br3N2O4. The highest BCUT2D eigenvalue weighted by Crippen LogP contribution is 2.33. The predicted octanol–water partition coefficient (Wildman–Crippen LogP) is 6.34. The van der Waals surface area contributed by atoms with Crippen LogP contribution in [0, 0.1) is 13.8 Å². The lowest BCUT2D eigenvalue weighted by Crippen LogP contribution is -2.25. The zero-order chi connectivity index (χ0) is 24.0. The fourth-order valence-electron chi connectivity index (χ4n) is 2.93. The molecule has 0 radical (unpaired) electrons. The number of halogens is 3. The van der Waals surface area contributed by atoms with Crippen molar-refractivity contribution in [3.8, 4) is 11.5 Å². The molecule has 9 heteroatoms. The Kier molecular flexibility index (Phi) is 8.82. The summed E-state index contributed by atoms with van der Waals surface area (Å²) in [5.41, 5.74) is 5.18. The van der Waals surface area contributed by atoms with Crippen LogP contribution < -0.4 is 14.9 Å². The van der Waals surface area contributed by atoms with Gasteiger partial charge in [0.2, 0.25) is 0 Å². The predicted molar refractivity (Wildman–Crippen MR) is 138 cm³/mol. The van der Waals surface area contributed by atoms with Gasteiger partial charge in [0.1, 0.15) is 5.75 Å². The number of nitrogens with one attached hydrogen (secondary N) is 1. The van der Waals surface area contributed by atoms with E-state index in [2.05, 4.69) is 58.3 Å². The number of rotatable bonds is 7. The molecule has 0 bridgehead atoms. The Morgan fingerprint density at radius 1 is 0.939 bits per heavy atom. The molecule has 0 aromatic heterocycles. The normalized spacial score (nSPS) is 10.8. The van der Waals surface area contributed by atoms with Gasteiger partial charge in [-0.2, -0.15) is 5.10 Å². The van der Waals surface area contributed by atoms with Gasteiger partial charge in [0.05, 0.1) is 16.3 Å². The highest BCUT2D eigenvalue weighted by Gasteiger charge is 2.17. The van der Waals surface area contributed by atoms with Gasteiger partial charge in [0, 0.05) is 14.5 Å². The number of hydrogen-bond acceptors (Lipinski definition) is 5. The summed E-state index contributed by atoms with van der Waals surface area (Å²) >= 11 is 10.2. The molecule has 0 saturated carbocycles. The van der Waals surface area contributed by atoms with Gasteiger partial charge in [-0.15, -0.1) is 0 Å². The zero-order valence-electron chi connectivity index (χ0n) is 17.7. The van der Waals surface area contributed by atoms with Crippen LogP contribution in [0.5, 0.6) is 11.5 Å². The minimum Gasteiger partial charge on any atom is -0.483 e. The number of benzene rings is 3. The maximum Gasteiger partial charge on any atom is 0.344 e. The minimum absolute atomic E-state index is 0.185. The quantitative estimate of drug-likeness (QED) is 0.142. The van der Waals surface area contributed by atoms with Gasteiger partial charge in [0.25, 0.3) is 5.91 Å². The summed E-state index contributed by atoms with van der Waals surface area (Å²) in [5.74, 6) is -0.0153. The van der Waals surface area contributed by atoms with E-state index in [0.29, 0.717) is 25.8 Å². The van der Waals surface area contributed by atoms with Crippen molar-refractivity contribution in [2.24, 2.45) is 5.10 Å². The van der Waals surface area contributed by atoms with Gasteiger partial charge >= 0.3 is 5.97 Å². The highest BCUT2D eigenvalue weighted by atomic mass is 79.9. The van der Waals surface area contributed by atoms with Gasteiger partial charge in [-0.25, -0.2) is 10.2 Å². The molecule has 0 aliphatic rings.